The Balaban J connectivity index is 1.50. The predicted octanol–water partition coefficient (Wildman–Crippen LogP) is 1.39. The molecule has 0 spiro atoms. The molecule has 1 aromatic carbocycles. The van der Waals surface area contributed by atoms with Crippen molar-refractivity contribution in [3.8, 4) is 11.8 Å². The molecule has 8 heteroatoms. The fraction of sp³-hybridized carbons (Fsp3) is 0.222. The van der Waals surface area contributed by atoms with Gasteiger partial charge in [0.15, 0.2) is 5.82 Å². The Morgan fingerprint density at radius 1 is 1.27 bits per heavy atom. The van der Waals surface area contributed by atoms with Gasteiger partial charge >= 0.3 is 0 Å². The van der Waals surface area contributed by atoms with Gasteiger partial charge in [-0.25, -0.2) is 9.67 Å². The van der Waals surface area contributed by atoms with E-state index in [1.165, 1.54) is 6.20 Å². The highest BCUT2D eigenvalue weighted by Gasteiger charge is 2.21. The molecule has 1 aliphatic heterocycles. The summed E-state index contributed by atoms with van der Waals surface area (Å²) in [5, 5.41) is 16.4. The van der Waals surface area contributed by atoms with E-state index in [-0.39, 0.29) is 12.5 Å². The summed E-state index contributed by atoms with van der Waals surface area (Å²) in [5.74, 6) is 1.16. The first-order valence-corrected chi connectivity index (χ1v) is 8.30. The van der Waals surface area contributed by atoms with Crippen LogP contribution in [0.2, 0.25) is 0 Å². The van der Waals surface area contributed by atoms with Crippen molar-refractivity contribution in [1.82, 2.24) is 24.2 Å². The van der Waals surface area contributed by atoms with Crippen LogP contribution in [-0.4, -0.2) is 43.2 Å². The lowest BCUT2D eigenvalue weighted by atomic mass is 10.3. The summed E-state index contributed by atoms with van der Waals surface area (Å²) < 4.78 is 3.66. The fourth-order valence-electron chi connectivity index (χ4n) is 3.05. The number of para-hydroxylation sites is 1. The van der Waals surface area contributed by atoms with E-state index in [0.29, 0.717) is 17.9 Å². The third-order valence-corrected chi connectivity index (χ3v) is 4.34. The molecule has 26 heavy (non-hydrogen) atoms. The average Bonchev–Trinajstić information content (AvgIpc) is 3.28. The lowest BCUT2D eigenvalue weighted by Crippen LogP contribution is -2.39. The van der Waals surface area contributed by atoms with Crippen LogP contribution < -0.4 is 5.32 Å². The Bertz CT molecular complexity index is 967. The van der Waals surface area contributed by atoms with Crippen LogP contribution in [-0.2, 0) is 17.9 Å². The summed E-state index contributed by atoms with van der Waals surface area (Å²) in [6, 6.07) is 11.5. The number of carbonyl (C=O) groups excluding carboxylic acids is 1. The summed E-state index contributed by atoms with van der Waals surface area (Å²) in [6.45, 7) is 2.45. The van der Waals surface area contributed by atoms with Crippen LogP contribution in [0.25, 0.3) is 5.69 Å². The van der Waals surface area contributed by atoms with Gasteiger partial charge in [0.05, 0.1) is 25.0 Å². The molecule has 0 radical (unpaired) electrons. The number of nitrogens with zero attached hydrogens (tertiary/aromatic N) is 6. The maximum absolute atomic E-state index is 12.6. The Hall–Kier alpha value is -3.44. The maximum atomic E-state index is 12.6. The first kappa shape index (κ1) is 16.1. The first-order valence-electron chi connectivity index (χ1n) is 8.30. The summed E-state index contributed by atoms with van der Waals surface area (Å²) >= 11 is 0. The highest BCUT2D eigenvalue weighted by Crippen LogP contribution is 2.19. The number of nitrogens with one attached hydrogen (secondary N) is 1. The SMILES string of the molecule is N#Cc1cnn(-c2ccccc2)c1NC(=O)CN1CCn2ccnc2C1. The molecular weight excluding hydrogens is 330 g/mol. The normalized spacial score (nSPS) is 13.8. The molecule has 1 aliphatic rings. The molecule has 2 aromatic heterocycles. The summed E-state index contributed by atoms with van der Waals surface area (Å²) in [5.41, 5.74) is 1.11. The van der Waals surface area contributed by atoms with Crippen molar-refractivity contribution in [2.45, 2.75) is 13.1 Å². The molecule has 0 atom stereocenters. The van der Waals surface area contributed by atoms with E-state index in [1.54, 1.807) is 10.9 Å². The largest absolute Gasteiger partial charge is 0.333 e. The van der Waals surface area contributed by atoms with Crippen molar-refractivity contribution in [2.24, 2.45) is 0 Å². The summed E-state index contributed by atoms with van der Waals surface area (Å²) in [4.78, 5) is 18.9. The van der Waals surface area contributed by atoms with E-state index in [1.807, 2.05) is 41.4 Å². The molecule has 130 valence electrons. The van der Waals surface area contributed by atoms with Gasteiger partial charge in [-0.3, -0.25) is 9.69 Å². The molecule has 0 saturated carbocycles. The number of rotatable bonds is 4. The zero-order valence-corrected chi connectivity index (χ0v) is 14.0. The molecule has 3 aromatic rings. The van der Waals surface area contributed by atoms with Gasteiger partial charge in [-0.1, -0.05) is 18.2 Å². The van der Waals surface area contributed by atoms with Gasteiger partial charge in [0.25, 0.3) is 0 Å². The van der Waals surface area contributed by atoms with Crippen LogP contribution >= 0.6 is 0 Å². The second-order valence-corrected chi connectivity index (χ2v) is 6.06. The number of aromatic nitrogens is 4. The maximum Gasteiger partial charge on any atom is 0.239 e. The topological polar surface area (TPSA) is 91.8 Å². The van der Waals surface area contributed by atoms with Gasteiger partial charge in [0, 0.05) is 25.5 Å². The van der Waals surface area contributed by atoms with Crippen LogP contribution in [0, 0.1) is 11.3 Å². The third-order valence-electron chi connectivity index (χ3n) is 4.34. The monoisotopic (exact) mass is 347 g/mol. The zero-order valence-electron chi connectivity index (χ0n) is 14.0. The van der Waals surface area contributed by atoms with Crippen molar-refractivity contribution < 1.29 is 4.79 Å². The average molecular weight is 347 g/mol. The molecule has 3 heterocycles. The number of amides is 1. The van der Waals surface area contributed by atoms with Crippen LogP contribution in [0.15, 0.2) is 48.9 Å². The smallest absolute Gasteiger partial charge is 0.239 e. The van der Waals surface area contributed by atoms with E-state index in [4.69, 9.17) is 0 Å². The Labute approximate surface area is 150 Å². The lowest BCUT2D eigenvalue weighted by molar-refractivity contribution is -0.117. The number of anilines is 1. The van der Waals surface area contributed by atoms with Gasteiger partial charge in [-0.15, -0.1) is 0 Å². The molecule has 0 aliphatic carbocycles. The number of imidazole rings is 1. The second kappa shape index (κ2) is 6.82. The molecule has 0 fully saturated rings. The van der Waals surface area contributed by atoms with Crippen LogP contribution in [0.5, 0.6) is 0 Å². The molecule has 4 rings (SSSR count). The minimum absolute atomic E-state index is 0.181. The molecular formula is C18H17N7O. The van der Waals surface area contributed by atoms with Gasteiger partial charge in [0.1, 0.15) is 17.5 Å². The standard InChI is InChI=1S/C18H17N7O/c19-10-14-11-21-25(15-4-2-1-3-5-15)18(14)22-17(26)13-23-8-9-24-7-6-20-16(24)12-23/h1-7,11H,8-9,12-13H2,(H,22,26). The minimum atomic E-state index is -0.181. The van der Waals surface area contributed by atoms with Crippen molar-refractivity contribution in [3.63, 3.8) is 0 Å². The fourth-order valence-corrected chi connectivity index (χ4v) is 3.05. The van der Waals surface area contributed by atoms with Crippen molar-refractivity contribution >= 4 is 11.7 Å². The summed E-state index contributed by atoms with van der Waals surface area (Å²) in [6.07, 6.45) is 5.18. The van der Waals surface area contributed by atoms with Gasteiger partial charge in [-0.2, -0.15) is 10.4 Å². The van der Waals surface area contributed by atoms with Crippen LogP contribution in [0.3, 0.4) is 0 Å². The number of hydrogen-bond donors (Lipinski definition) is 1. The molecule has 0 bridgehead atoms. The quantitative estimate of drug-likeness (QED) is 0.770. The zero-order chi connectivity index (χ0) is 17.9. The Morgan fingerprint density at radius 3 is 2.92 bits per heavy atom. The highest BCUT2D eigenvalue weighted by atomic mass is 16.2. The second-order valence-electron chi connectivity index (χ2n) is 6.06. The highest BCUT2D eigenvalue weighted by molar-refractivity contribution is 5.92. The number of fused-ring (bicyclic) bond motifs is 1. The molecule has 1 N–H and O–H groups in total. The van der Waals surface area contributed by atoms with Crippen molar-refractivity contribution in [1.29, 1.82) is 5.26 Å². The molecule has 8 nitrogen and oxygen atoms in total. The van der Waals surface area contributed by atoms with E-state index in [9.17, 15) is 10.1 Å². The van der Waals surface area contributed by atoms with Crippen molar-refractivity contribution in [3.05, 3.63) is 60.3 Å². The number of benzene rings is 1. The first-order chi connectivity index (χ1) is 12.7. The van der Waals surface area contributed by atoms with E-state index < -0.39 is 0 Å². The third kappa shape index (κ3) is 3.08. The Morgan fingerprint density at radius 2 is 2.12 bits per heavy atom. The number of hydrogen-bond acceptors (Lipinski definition) is 5. The van der Waals surface area contributed by atoms with Crippen molar-refractivity contribution in [2.75, 3.05) is 18.4 Å². The van der Waals surface area contributed by atoms with Gasteiger partial charge in [-0.05, 0) is 12.1 Å². The summed E-state index contributed by atoms with van der Waals surface area (Å²) in [7, 11) is 0. The van der Waals surface area contributed by atoms with Gasteiger partial charge < -0.3 is 9.88 Å². The van der Waals surface area contributed by atoms with E-state index in [0.717, 1.165) is 24.6 Å². The lowest BCUT2D eigenvalue weighted by Gasteiger charge is -2.26. The van der Waals surface area contributed by atoms with E-state index in [2.05, 4.69) is 26.0 Å². The number of carbonyl (C=O) groups is 1. The number of nitriles is 1. The molecule has 1 amide bonds. The van der Waals surface area contributed by atoms with E-state index >= 15 is 0 Å². The predicted molar refractivity (Wildman–Crippen MR) is 94.4 cm³/mol. The van der Waals surface area contributed by atoms with Crippen LogP contribution in [0.1, 0.15) is 11.4 Å². The van der Waals surface area contributed by atoms with Crippen LogP contribution in [0.4, 0.5) is 5.82 Å². The molecule has 0 saturated heterocycles. The molecule has 0 unspecified atom stereocenters. The minimum Gasteiger partial charge on any atom is -0.333 e. The van der Waals surface area contributed by atoms with Gasteiger partial charge in [0.2, 0.25) is 5.91 Å². The Kier molecular flexibility index (Phi) is 4.21.